The summed E-state index contributed by atoms with van der Waals surface area (Å²) in [4.78, 5) is 26.5. The molecular formula is C11H15N3O4. The second-order valence-electron chi connectivity index (χ2n) is 3.62. The molecule has 0 bridgehead atoms. The van der Waals surface area contributed by atoms with E-state index in [9.17, 15) is 9.59 Å². The van der Waals surface area contributed by atoms with Gasteiger partial charge < -0.3 is 21.3 Å². The Kier molecular flexibility index (Phi) is 5.22. The quantitative estimate of drug-likeness (QED) is 0.521. The van der Waals surface area contributed by atoms with Crippen molar-refractivity contribution in [3.05, 3.63) is 29.6 Å². The molecule has 1 rings (SSSR count). The fourth-order valence-electron chi connectivity index (χ4n) is 1.36. The van der Waals surface area contributed by atoms with Crippen LogP contribution in [0.25, 0.3) is 0 Å². The van der Waals surface area contributed by atoms with Crippen LogP contribution < -0.4 is 11.1 Å². The molecule has 1 aromatic rings. The molecule has 18 heavy (non-hydrogen) atoms. The number of rotatable bonds is 6. The van der Waals surface area contributed by atoms with Gasteiger partial charge in [-0.25, -0.2) is 4.79 Å². The Bertz CT molecular complexity index is 436. The van der Waals surface area contributed by atoms with Crippen molar-refractivity contribution in [2.75, 3.05) is 6.61 Å². The predicted molar refractivity (Wildman–Crippen MR) is 62.7 cm³/mol. The van der Waals surface area contributed by atoms with E-state index in [4.69, 9.17) is 15.9 Å². The lowest BCUT2D eigenvalue weighted by atomic mass is 10.1. The van der Waals surface area contributed by atoms with E-state index in [0.29, 0.717) is 5.69 Å². The molecule has 98 valence electrons. The van der Waals surface area contributed by atoms with Crippen LogP contribution in [0.3, 0.4) is 0 Å². The van der Waals surface area contributed by atoms with Gasteiger partial charge in [0.15, 0.2) is 0 Å². The third-order valence-corrected chi connectivity index (χ3v) is 2.31. The summed E-state index contributed by atoms with van der Waals surface area (Å²) in [5, 5.41) is 19.9. The molecule has 1 amide bonds. The van der Waals surface area contributed by atoms with E-state index in [2.05, 4.69) is 10.3 Å². The van der Waals surface area contributed by atoms with E-state index in [1.165, 1.54) is 18.3 Å². The van der Waals surface area contributed by atoms with Gasteiger partial charge in [0.2, 0.25) is 0 Å². The molecule has 0 aliphatic rings. The average molecular weight is 253 g/mol. The molecule has 0 saturated carbocycles. The molecule has 0 aliphatic heterocycles. The van der Waals surface area contributed by atoms with Crippen LogP contribution in [-0.4, -0.2) is 39.7 Å². The third-order valence-electron chi connectivity index (χ3n) is 2.31. The highest BCUT2D eigenvalue weighted by atomic mass is 16.4. The minimum Gasteiger partial charge on any atom is -0.480 e. The Hall–Kier alpha value is -1.99. The van der Waals surface area contributed by atoms with E-state index in [-0.39, 0.29) is 25.1 Å². The Morgan fingerprint density at radius 2 is 2.22 bits per heavy atom. The monoisotopic (exact) mass is 253 g/mol. The summed E-state index contributed by atoms with van der Waals surface area (Å²) in [5.74, 6) is -1.72. The maximum Gasteiger partial charge on any atom is 0.326 e. The lowest BCUT2D eigenvalue weighted by Gasteiger charge is -2.13. The Morgan fingerprint density at radius 3 is 2.78 bits per heavy atom. The number of hydrogen-bond donors (Lipinski definition) is 4. The smallest absolute Gasteiger partial charge is 0.326 e. The number of aliphatic carboxylic acids is 1. The molecule has 1 unspecified atom stereocenters. The lowest BCUT2D eigenvalue weighted by molar-refractivity contribution is -0.139. The number of aliphatic hydroxyl groups excluding tert-OH is 1. The summed E-state index contributed by atoms with van der Waals surface area (Å²) in [7, 11) is 0. The SMILES string of the molecule is NCc1cc(C(=O)NC(CCO)C(=O)O)ccn1. The van der Waals surface area contributed by atoms with Crippen LogP contribution in [-0.2, 0) is 11.3 Å². The van der Waals surface area contributed by atoms with E-state index in [1.807, 2.05) is 0 Å². The zero-order valence-corrected chi connectivity index (χ0v) is 9.67. The molecule has 1 heterocycles. The molecule has 0 fully saturated rings. The van der Waals surface area contributed by atoms with E-state index in [1.54, 1.807) is 0 Å². The average Bonchev–Trinajstić information content (AvgIpc) is 2.38. The normalized spacial score (nSPS) is 11.9. The lowest BCUT2D eigenvalue weighted by Crippen LogP contribution is -2.41. The highest BCUT2D eigenvalue weighted by Crippen LogP contribution is 2.03. The van der Waals surface area contributed by atoms with Crippen LogP contribution in [0.15, 0.2) is 18.3 Å². The first-order chi connectivity index (χ1) is 8.58. The van der Waals surface area contributed by atoms with Gasteiger partial charge in [0, 0.05) is 31.3 Å². The molecule has 0 spiro atoms. The second-order valence-corrected chi connectivity index (χ2v) is 3.62. The van der Waals surface area contributed by atoms with Gasteiger partial charge in [-0.3, -0.25) is 9.78 Å². The number of aliphatic hydroxyl groups is 1. The van der Waals surface area contributed by atoms with Gasteiger partial charge in [0.25, 0.3) is 5.91 Å². The Morgan fingerprint density at radius 1 is 1.50 bits per heavy atom. The van der Waals surface area contributed by atoms with Gasteiger partial charge in [0.1, 0.15) is 6.04 Å². The molecule has 7 nitrogen and oxygen atoms in total. The Labute approximate surface area is 104 Å². The number of hydrogen-bond acceptors (Lipinski definition) is 5. The molecule has 0 saturated heterocycles. The van der Waals surface area contributed by atoms with Gasteiger partial charge in [-0.2, -0.15) is 0 Å². The fourth-order valence-corrected chi connectivity index (χ4v) is 1.36. The van der Waals surface area contributed by atoms with Gasteiger partial charge in [-0.05, 0) is 12.1 Å². The molecule has 5 N–H and O–H groups in total. The van der Waals surface area contributed by atoms with Crippen molar-refractivity contribution in [3.63, 3.8) is 0 Å². The first kappa shape index (κ1) is 14.1. The highest BCUT2D eigenvalue weighted by Gasteiger charge is 2.20. The summed E-state index contributed by atoms with van der Waals surface area (Å²) in [6.07, 6.45) is 1.38. The maximum absolute atomic E-state index is 11.8. The van der Waals surface area contributed by atoms with Crippen LogP contribution in [0.4, 0.5) is 0 Å². The van der Waals surface area contributed by atoms with Gasteiger partial charge in [-0.1, -0.05) is 0 Å². The van der Waals surface area contributed by atoms with Crippen molar-refractivity contribution in [1.29, 1.82) is 0 Å². The number of aromatic nitrogens is 1. The van der Waals surface area contributed by atoms with Gasteiger partial charge in [0.05, 0.1) is 5.69 Å². The Balaban J connectivity index is 2.76. The molecule has 1 atom stereocenters. The minimum atomic E-state index is -1.19. The number of carboxylic acid groups (broad SMARTS) is 1. The molecule has 1 aromatic heterocycles. The second kappa shape index (κ2) is 6.67. The topological polar surface area (TPSA) is 126 Å². The molecule has 0 aromatic carbocycles. The van der Waals surface area contributed by atoms with Crippen molar-refractivity contribution in [3.8, 4) is 0 Å². The number of pyridine rings is 1. The van der Waals surface area contributed by atoms with Crippen LogP contribution in [0.5, 0.6) is 0 Å². The number of nitrogens with one attached hydrogen (secondary N) is 1. The van der Waals surface area contributed by atoms with Crippen LogP contribution in [0, 0.1) is 0 Å². The number of nitrogens with zero attached hydrogens (tertiary/aromatic N) is 1. The summed E-state index contributed by atoms with van der Waals surface area (Å²) in [6.45, 7) is -0.123. The number of carbonyl (C=O) groups is 2. The third kappa shape index (κ3) is 3.79. The zero-order valence-electron chi connectivity index (χ0n) is 9.67. The molecule has 0 radical (unpaired) electrons. The van der Waals surface area contributed by atoms with E-state index in [0.717, 1.165) is 0 Å². The summed E-state index contributed by atoms with van der Waals surface area (Å²) >= 11 is 0. The van der Waals surface area contributed by atoms with Crippen LogP contribution >= 0.6 is 0 Å². The van der Waals surface area contributed by atoms with Gasteiger partial charge >= 0.3 is 5.97 Å². The standard InChI is InChI=1S/C11H15N3O4/c12-6-8-5-7(1-3-13-8)10(16)14-9(2-4-15)11(17)18/h1,3,5,9,15H,2,4,6,12H2,(H,14,16)(H,17,18). The highest BCUT2D eigenvalue weighted by molar-refractivity contribution is 5.96. The van der Waals surface area contributed by atoms with Crippen molar-refractivity contribution in [2.45, 2.75) is 19.0 Å². The predicted octanol–water partition coefficient (Wildman–Crippen LogP) is -0.894. The molecular weight excluding hydrogens is 238 g/mol. The molecule has 0 aliphatic carbocycles. The van der Waals surface area contributed by atoms with Crippen molar-refractivity contribution < 1.29 is 19.8 Å². The minimum absolute atomic E-state index is 0.0457. The number of carboxylic acids is 1. The number of nitrogens with two attached hydrogens (primary N) is 1. The first-order valence-electron chi connectivity index (χ1n) is 5.38. The fraction of sp³-hybridized carbons (Fsp3) is 0.364. The van der Waals surface area contributed by atoms with Crippen molar-refractivity contribution >= 4 is 11.9 Å². The van der Waals surface area contributed by atoms with Gasteiger partial charge in [-0.15, -0.1) is 0 Å². The van der Waals surface area contributed by atoms with Crippen LogP contribution in [0.2, 0.25) is 0 Å². The van der Waals surface area contributed by atoms with Crippen LogP contribution in [0.1, 0.15) is 22.5 Å². The number of carbonyl (C=O) groups excluding carboxylic acids is 1. The maximum atomic E-state index is 11.8. The summed E-state index contributed by atoms with van der Waals surface area (Å²) in [6, 6.07) is 1.84. The van der Waals surface area contributed by atoms with Crippen molar-refractivity contribution in [1.82, 2.24) is 10.3 Å². The van der Waals surface area contributed by atoms with E-state index >= 15 is 0 Å². The van der Waals surface area contributed by atoms with E-state index < -0.39 is 17.9 Å². The summed E-state index contributed by atoms with van der Waals surface area (Å²) in [5.41, 5.74) is 6.22. The number of amides is 1. The molecule has 7 heteroatoms. The zero-order chi connectivity index (χ0) is 13.5. The summed E-state index contributed by atoms with van der Waals surface area (Å²) < 4.78 is 0. The van der Waals surface area contributed by atoms with Crippen molar-refractivity contribution in [2.24, 2.45) is 5.73 Å². The largest absolute Gasteiger partial charge is 0.480 e. The first-order valence-corrected chi connectivity index (χ1v) is 5.38.